The first-order valence-corrected chi connectivity index (χ1v) is 8.42. The van der Waals surface area contributed by atoms with E-state index in [1.807, 2.05) is 4.90 Å². The van der Waals surface area contributed by atoms with Crippen LogP contribution in [0.15, 0.2) is 16.5 Å². The minimum absolute atomic E-state index is 0.0868. The Hall–Kier alpha value is -1.33. The average molecular weight is 306 g/mol. The Kier molecular flexibility index (Phi) is 5.16. The van der Waals surface area contributed by atoms with Gasteiger partial charge in [-0.2, -0.15) is 0 Å². The Labute approximate surface area is 132 Å². The molecule has 1 aromatic heterocycles. The summed E-state index contributed by atoms with van der Waals surface area (Å²) in [6.07, 6.45) is 2.84. The van der Waals surface area contributed by atoms with Crippen molar-refractivity contribution in [2.24, 2.45) is 5.92 Å². The van der Waals surface area contributed by atoms with Gasteiger partial charge < -0.3 is 14.1 Å². The molecular weight excluding hydrogens is 280 g/mol. The van der Waals surface area contributed by atoms with Gasteiger partial charge in [-0.25, -0.2) is 0 Å². The maximum Gasteiger partial charge on any atom is 0.228 e. The lowest BCUT2D eigenvalue weighted by atomic mass is 10.1. The lowest BCUT2D eigenvalue weighted by Gasteiger charge is -2.23. The molecule has 2 aliphatic rings. The van der Waals surface area contributed by atoms with Gasteiger partial charge in [0.2, 0.25) is 5.91 Å². The summed E-state index contributed by atoms with van der Waals surface area (Å²) in [6, 6.07) is 4.13. The normalized spacial score (nSPS) is 23.7. The van der Waals surface area contributed by atoms with Gasteiger partial charge in [0.1, 0.15) is 11.5 Å². The van der Waals surface area contributed by atoms with E-state index in [-0.39, 0.29) is 11.8 Å². The van der Waals surface area contributed by atoms with Crippen LogP contribution in [0.1, 0.15) is 31.3 Å². The van der Waals surface area contributed by atoms with E-state index in [1.165, 1.54) is 0 Å². The van der Waals surface area contributed by atoms with Crippen LogP contribution in [0.2, 0.25) is 0 Å². The van der Waals surface area contributed by atoms with Crippen molar-refractivity contribution in [2.75, 3.05) is 39.4 Å². The molecular formula is C17H26N2O3. The molecule has 1 aromatic rings. The van der Waals surface area contributed by atoms with Gasteiger partial charge in [0.15, 0.2) is 0 Å². The van der Waals surface area contributed by atoms with Crippen molar-refractivity contribution in [3.8, 4) is 0 Å². The van der Waals surface area contributed by atoms with Gasteiger partial charge >= 0.3 is 0 Å². The highest BCUT2D eigenvalue weighted by molar-refractivity contribution is 5.79. The molecule has 2 saturated heterocycles. The van der Waals surface area contributed by atoms with Crippen LogP contribution in [0.5, 0.6) is 0 Å². The molecule has 5 nitrogen and oxygen atoms in total. The molecule has 22 heavy (non-hydrogen) atoms. The number of ether oxygens (including phenoxy) is 1. The summed E-state index contributed by atoms with van der Waals surface area (Å²) in [7, 11) is 0. The first-order valence-electron chi connectivity index (χ1n) is 8.42. The average Bonchev–Trinajstić information content (AvgIpc) is 3.16. The van der Waals surface area contributed by atoms with Crippen molar-refractivity contribution in [2.45, 2.75) is 32.7 Å². The largest absolute Gasteiger partial charge is 0.465 e. The number of carbonyl (C=O) groups is 1. The molecule has 0 N–H and O–H groups in total. The highest BCUT2D eigenvalue weighted by Crippen LogP contribution is 2.18. The van der Waals surface area contributed by atoms with Crippen LogP contribution < -0.4 is 0 Å². The number of amides is 1. The van der Waals surface area contributed by atoms with Gasteiger partial charge in [0, 0.05) is 39.2 Å². The molecule has 0 aromatic carbocycles. The van der Waals surface area contributed by atoms with Gasteiger partial charge in [-0.05, 0) is 25.0 Å². The van der Waals surface area contributed by atoms with E-state index in [0.717, 1.165) is 70.1 Å². The Bertz CT molecular complexity index is 494. The molecule has 1 amide bonds. The molecule has 3 rings (SSSR count). The maximum absolute atomic E-state index is 12.5. The fourth-order valence-electron chi connectivity index (χ4n) is 3.25. The van der Waals surface area contributed by atoms with E-state index in [9.17, 15) is 4.79 Å². The van der Waals surface area contributed by atoms with Crippen molar-refractivity contribution < 1.29 is 13.9 Å². The number of hydrogen-bond acceptors (Lipinski definition) is 4. The van der Waals surface area contributed by atoms with Gasteiger partial charge in [-0.15, -0.1) is 0 Å². The number of carbonyl (C=O) groups excluding carboxylic acids is 1. The molecule has 0 spiro atoms. The fraction of sp³-hybridized carbons (Fsp3) is 0.706. The first-order chi connectivity index (χ1) is 10.8. The Morgan fingerprint density at radius 1 is 1.23 bits per heavy atom. The summed E-state index contributed by atoms with van der Waals surface area (Å²) in [4.78, 5) is 16.9. The Balaban J connectivity index is 1.52. The molecule has 0 aliphatic carbocycles. The second kappa shape index (κ2) is 7.29. The molecule has 122 valence electrons. The van der Waals surface area contributed by atoms with Crippen LogP contribution in [-0.4, -0.2) is 55.1 Å². The highest BCUT2D eigenvalue weighted by Gasteiger charge is 2.29. The summed E-state index contributed by atoms with van der Waals surface area (Å²) in [5.41, 5.74) is 0. The third-order valence-corrected chi connectivity index (χ3v) is 4.62. The van der Waals surface area contributed by atoms with Crippen LogP contribution >= 0.6 is 0 Å². The second-order valence-electron chi connectivity index (χ2n) is 6.24. The van der Waals surface area contributed by atoms with Crippen molar-refractivity contribution in [1.29, 1.82) is 0 Å². The molecule has 0 radical (unpaired) electrons. The summed E-state index contributed by atoms with van der Waals surface area (Å²) in [5, 5.41) is 0. The molecule has 2 fully saturated rings. The smallest absolute Gasteiger partial charge is 0.228 e. The number of rotatable bonds is 4. The number of hydrogen-bond donors (Lipinski definition) is 0. The second-order valence-corrected chi connectivity index (χ2v) is 6.24. The van der Waals surface area contributed by atoms with Crippen molar-refractivity contribution >= 4 is 5.91 Å². The van der Waals surface area contributed by atoms with E-state index in [1.54, 1.807) is 0 Å². The van der Waals surface area contributed by atoms with E-state index in [4.69, 9.17) is 9.15 Å². The lowest BCUT2D eigenvalue weighted by Crippen LogP contribution is -2.39. The summed E-state index contributed by atoms with van der Waals surface area (Å²) in [6.45, 7) is 7.90. The molecule has 0 saturated carbocycles. The van der Waals surface area contributed by atoms with Gasteiger partial charge in [-0.3, -0.25) is 9.69 Å². The zero-order chi connectivity index (χ0) is 15.4. The summed E-state index contributed by atoms with van der Waals surface area (Å²) < 4.78 is 11.1. The van der Waals surface area contributed by atoms with Crippen molar-refractivity contribution in [3.63, 3.8) is 0 Å². The van der Waals surface area contributed by atoms with Crippen molar-refractivity contribution in [3.05, 3.63) is 23.7 Å². The highest BCUT2D eigenvalue weighted by atomic mass is 16.5. The monoisotopic (exact) mass is 306 g/mol. The molecule has 5 heteroatoms. The Morgan fingerprint density at radius 3 is 2.82 bits per heavy atom. The van der Waals surface area contributed by atoms with Crippen LogP contribution in [0.3, 0.4) is 0 Å². The number of furan rings is 1. The zero-order valence-corrected chi connectivity index (χ0v) is 13.4. The van der Waals surface area contributed by atoms with Gasteiger partial charge in [0.25, 0.3) is 0 Å². The molecule has 3 heterocycles. The fourth-order valence-corrected chi connectivity index (χ4v) is 3.25. The van der Waals surface area contributed by atoms with Crippen LogP contribution in [0.25, 0.3) is 0 Å². The predicted molar refractivity (Wildman–Crippen MR) is 83.5 cm³/mol. The lowest BCUT2D eigenvalue weighted by molar-refractivity contribution is -0.135. The van der Waals surface area contributed by atoms with Crippen molar-refractivity contribution in [1.82, 2.24) is 9.80 Å². The molecule has 1 atom stereocenters. The standard InChI is InChI=1S/C17H26N2O3/c1-2-15-4-5-16(22-15)12-18-7-3-8-19(10-9-18)17(20)14-6-11-21-13-14/h4-5,14H,2-3,6-13H2,1H3. The van der Waals surface area contributed by atoms with Crippen LogP contribution in [0, 0.1) is 5.92 Å². The molecule has 1 unspecified atom stereocenters. The minimum atomic E-state index is 0.0868. The molecule has 0 bridgehead atoms. The van der Waals surface area contributed by atoms with E-state index in [2.05, 4.69) is 24.0 Å². The molecule has 2 aliphatic heterocycles. The minimum Gasteiger partial charge on any atom is -0.465 e. The zero-order valence-electron chi connectivity index (χ0n) is 13.4. The van der Waals surface area contributed by atoms with Gasteiger partial charge in [-0.1, -0.05) is 6.92 Å². The van der Waals surface area contributed by atoms with Gasteiger partial charge in [0.05, 0.1) is 19.1 Å². The van der Waals surface area contributed by atoms with Crippen LogP contribution in [-0.2, 0) is 22.5 Å². The third kappa shape index (κ3) is 3.70. The SMILES string of the molecule is CCc1ccc(CN2CCCN(C(=O)C3CCOC3)CC2)o1. The predicted octanol–water partition coefficient (Wildman–Crippen LogP) is 1.91. The Morgan fingerprint density at radius 2 is 2.09 bits per heavy atom. The van der Waals surface area contributed by atoms with E-state index in [0.29, 0.717) is 6.61 Å². The quantitative estimate of drug-likeness (QED) is 0.852. The number of nitrogens with zero attached hydrogens (tertiary/aromatic N) is 2. The summed E-state index contributed by atoms with van der Waals surface area (Å²) in [5.74, 6) is 2.44. The van der Waals surface area contributed by atoms with E-state index < -0.39 is 0 Å². The van der Waals surface area contributed by atoms with E-state index >= 15 is 0 Å². The maximum atomic E-state index is 12.5. The number of aryl methyl sites for hydroxylation is 1. The third-order valence-electron chi connectivity index (χ3n) is 4.62. The topological polar surface area (TPSA) is 45.9 Å². The first kappa shape index (κ1) is 15.6. The summed E-state index contributed by atoms with van der Waals surface area (Å²) >= 11 is 0. The van der Waals surface area contributed by atoms with Crippen LogP contribution in [0.4, 0.5) is 0 Å².